The van der Waals surface area contributed by atoms with E-state index in [9.17, 15) is 29.6 Å². The molecule has 1 unspecified atom stereocenters. The first kappa shape index (κ1) is 21.8. The normalized spacial score (nSPS) is 11.6. The summed E-state index contributed by atoms with van der Waals surface area (Å²) in [6, 6.07) is 5.23. The van der Waals surface area contributed by atoms with E-state index >= 15 is 0 Å². The summed E-state index contributed by atoms with van der Waals surface area (Å²) in [6.45, 7) is 0.808. The van der Waals surface area contributed by atoms with Crippen LogP contribution in [-0.2, 0) is 20.9 Å². The van der Waals surface area contributed by atoms with Crippen LogP contribution in [0.4, 0.5) is 11.5 Å². The Balaban J connectivity index is 2.56. The maximum absolute atomic E-state index is 12.8. The predicted molar refractivity (Wildman–Crippen MR) is 103 cm³/mol. The van der Waals surface area contributed by atoms with Crippen molar-refractivity contribution < 1.29 is 24.4 Å². The van der Waals surface area contributed by atoms with Crippen molar-refractivity contribution in [1.29, 1.82) is 0 Å². The van der Waals surface area contributed by atoms with Gasteiger partial charge in [-0.05, 0) is 0 Å². The van der Waals surface area contributed by atoms with Gasteiger partial charge in [-0.3, -0.25) is 29.1 Å². The number of aromatic nitrogens is 2. The number of carbonyl (C=O) groups excluding carboxylic acids is 1. The molecule has 0 aliphatic heterocycles. The minimum atomic E-state index is -1.32. The number of carboxylic acid groups (broad SMARTS) is 1. The lowest BCUT2D eigenvalue weighted by Crippen LogP contribution is -2.31. The third kappa shape index (κ3) is 5.08. The van der Waals surface area contributed by atoms with Crippen molar-refractivity contribution in [3.05, 3.63) is 49.9 Å². The standard InChI is InChI=1S/C17H17ClN4O7/c1-9(17(26)29-2)7-19-15-16(25)21(8-12(23)24)13(14(18)20-15)10-4-3-5-11(6-10)22(27)28/h3-6,9H,7-8H2,1-2H3,(H,19,20)(H,23,24). The number of esters is 1. The van der Waals surface area contributed by atoms with Crippen molar-refractivity contribution in [3.8, 4) is 11.3 Å². The number of hydrogen-bond donors (Lipinski definition) is 2. The second-order valence-electron chi connectivity index (χ2n) is 6.00. The number of hydrogen-bond acceptors (Lipinski definition) is 8. The number of nitro benzene ring substituents is 1. The van der Waals surface area contributed by atoms with Gasteiger partial charge >= 0.3 is 11.9 Å². The van der Waals surface area contributed by atoms with Crippen LogP contribution < -0.4 is 10.9 Å². The fourth-order valence-corrected chi connectivity index (χ4v) is 2.81. The van der Waals surface area contributed by atoms with E-state index in [0.717, 1.165) is 10.6 Å². The molecule has 0 bridgehead atoms. The first-order chi connectivity index (χ1) is 13.6. The van der Waals surface area contributed by atoms with Gasteiger partial charge in [-0.2, -0.15) is 0 Å². The average molecular weight is 425 g/mol. The SMILES string of the molecule is COC(=O)C(C)CNc1nc(Cl)c(-c2cccc([N+](=O)[O-])c2)n(CC(=O)O)c1=O. The molecule has 1 heterocycles. The van der Waals surface area contributed by atoms with Crippen molar-refractivity contribution in [2.75, 3.05) is 19.0 Å². The molecule has 0 amide bonds. The molecule has 11 nitrogen and oxygen atoms in total. The number of anilines is 1. The Morgan fingerprint density at radius 1 is 1.45 bits per heavy atom. The molecule has 1 aromatic carbocycles. The van der Waals surface area contributed by atoms with E-state index in [2.05, 4.69) is 15.0 Å². The largest absolute Gasteiger partial charge is 0.480 e. The van der Waals surface area contributed by atoms with Gasteiger partial charge in [0, 0.05) is 24.2 Å². The summed E-state index contributed by atoms with van der Waals surface area (Å²) >= 11 is 6.20. The van der Waals surface area contributed by atoms with E-state index in [0.29, 0.717) is 0 Å². The summed E-state index contributed by atoms with van der Waals surface area (Å²) in [6.07, 6.45) is 0. The summed E-state index contributed by atoms with van der Waals surface area (Å²) < 4.78 is 5.45. The van der Waals surface area contributed by atoms with Crippen LogP contribution in [0.5, 0.6) is 0 Å². The Bertz CT molecular complexity index is 1020. The fraction of sp³-hybridized carbons (Fsp3) is 0.294. The maximum Gasteiger partial charge on any atom is 0.323 e. The number of carboxylic acids is 1. The van der Waals surface area contributed by atoms with Crippen molar-refractivity contribution >= 4 is 35.0 Å². The second kappa shape index (κ2) is 9.15. The van der Waals surface area contributed by atoms with Crippen LogP contribution in [0.2, 0.25) is 5.15 Å². The lowest BCUT2D eigenvalue weighted by molar-refractivity contribution is -0.384. The van der Waals surface area contributed by atoms with E-state index < -0.39 is 34.9 Å². The number of aliphatic carboxylic acids is 1. The number of nitrogens with zero attached hydrogens (tertiary/aromatic N) is 3. The van der Waals surface area contributed by atoms with E-state index in [4.69, 9.17) is 11.6 Å². The summed E-state index contributed by atoms with van der Waals surface area (Å²) in [5, 5.41) is 22.6. The van der Waals surface area contributed by atoms with Crippen LogP contribution in [0.15, 0.2) is 29.1 Å². The summed E-state index contributed by atoms with van der Waals surface area (Å²) in [7, 11) is 1.22. The molecule has 0 spiro atoms. The maximum atomic E-state index is 12.8. The van der Waals surface area contributed by atoms with Gasteiger partial charge in [-0.1, -0.05) is 30.7 Å². The highest BCUT2D eigenvalue weighted by Crippen LogP contribution is 2.29. The quantitative estimate of drug-likeness (QED) is 0.366. The number of ether oxygens (including phenoxy) is 1. The number of non-ortho nitro benzene ring substituents is 1. The zero-order valence-corrected chi connectivity index (χ0v) is 16.2. The Morgan fingerprint density at radius 3 is 2.72 bits per heavy atom. The van der Waals surface area contributed by atoms with Crippen LogP contribution >= 0.6 is 11.6 Å². The van der Waals surface area contributed by atoms with Gasteiger partial charge in [0.1, 0.15) is 6.54 Å². The molecule has 2 aromatic rings. The minimum absolute atomic E-state index is 0.00549. The zero-order chi connectivity index (χ0) is 21.7. The molecule has 1 aromatic heterocycles. The van der Waals surface area contributed by atoms with Crippen molar-refractivity contribution in [2.24, 2.45) is 5.92 Å². The van der Waals surface area contributed by atoms with E-state index in [1.165, 1.54) is 25.3 Å². The molecule has 29 heavy (non-hydrogen) atoms. The lowest BCUT2D eigenvalue weighted by Gasteiger charge is -2.16. The zero-order valence-electron chi connectivity index (χ0n) is 15.4. The van der Waals surface area contributed by atoms with Crippen molar-refractivity contribution in [3.63, 3.8) is 0 Å². The van der Waals surface area contributed by atoms with Crippen molar-refractivity contribution in [1.82, 2.24) is 9.55 Å². The molecule has 154 valence electrons. The number of rotatable bonds is 8. The van der Waals surface area contributed by atoms with Crippen LogP contribution in [0, 0.1) is 16.0 Å². The number of benzene rings is 1. The van der Waals surface area contributed by atoms with Crippen LogP contribution in [0.1, 0.15) is 6.92 Å². The third-order valence-corrected chi connectivity index (χ3v) is 4.19. The number of carbonyl (C=O) groups is 2. The molecule has 0 saturated heterocycles. The van der Waals surface area contributed by atoms with Crippen LogP contribution in [0.3, 0.4) is 0 Å². The number of halogens is 1. The molecule has 12 heteroatoms. The topological polar surface area (TPSA) is 154 Å². The Labute approximate surface area is 169 Å². The molecule has 0 aliphatic rings. The highest BCUT2D eigenvalue weighted by atomic mass is 35.5. The van der Waals surface area contributed by atoms with Gasteiger partial charge < -0.3 is 15.2 Å². The first-order valence-electron chi connectivity index (χ1n) is 8.24. The molecule has 1 atom stereocenters. The number of methoxy groups -OCH3 is 1. The summed E-state index contributed by atoms with van der Waals surface area (Å²) in [5.41, 5.74) is -0.990. The molecule has 0 aliphatic carbocycles. The fourth-order valence-electron chi connectivity index (χ4n) is 2.52. The smallest absolute Gasteiger partial charge is 0.323 e. The van der Waals surface area contributed by atoms with Crippen molar-refractivity contribution in [2.45, 2.75) is 13.5 Å². The highest BCUT2D eigenvalue weighted by Gasteiger charge is 2.21. The number of nitrogens with one attached hydrogen (secondary N) is 1. The second-order valence-corrected chi connectivity index (χ2v) is 6.36. The average Bonchev–Trinajstić information content (AvgIpc) is 2.68. The van der Waals surface area contributed by atoms with E-state index in [1.807, 2.05) is 0 Å². The highest BCUT2D eigenvalue weighted by molar-refractivity contribution is 6.32. The van der Waals surface area contributed by atoms with Crippen LogP contribution in [-0.4, -0.2) is 45.2 Å². The third-order valence-electron chi connectivity index (χ3n) is 3.93. The molecule has 2 rings (SSSR count). The molecule has 2 N–H and O–H groups in total. The van der Waals surface area contributed by atoms with E-state index in [-0.39, 0.29) is 34.5 Å². The lowest BCUT2D eigenvalue weighted by atomic mass is 10.1. The Morgan fingerprint density at radius 2 is 2.14 bits per heavy atom. The molecule has 0 fully saturated rings. The predicted octanol–water partition coefficient (Wildman–Crippen LogP) is 1.78. The van der Waals surface area contributed by atoms with Gasteiger partial charge in [0.25, 0.3) is 11.2 Å². The van der Waals surface area contributed by atoms with Gasteiger partial charge in [0.05, 0.1) is 23.6 Å². The summed E-state index contributed by atoms with van der Waals surface area (Å²) in [4.78, 5) is 49.9. The van der Waals surface area contributed by atoms with Gasteiger partial charge in [-0.25, -0.2) is 4.98 Å². The molecular weight excluding hydrogens is 408 g/mol. The van der Waals surface area contributed by atoms with Gasteiger partial charge in [-0.15, -0.1) is 0 Å². The minimum Gasteiger partial charge on any atom is -0.480 e. The Kier molecular flexibility index (Phi) is 6.89. The molecule has 0 radical (unpaired) electrons. The number of nitro groups is 1. The van der Waals surface area contributed by atoms with Crippen LogP contribution in [0.25, 0.3) is 11.3 Å². The van der Waals surface area contributed by atoms with Gasteiger partial charge in [0.15, 0.2) is 11.0 Å². The molecule has 0 saturated carbocycles. The van der Waals surface area contributed by atoms with Gasteiger partial charge in [0.2, 0.25) is 0 Å². The summed E-state index contributed by atoms with van der Waals surface area (Å²) in [5.74, 6) is -2.71. The first-order valence-corrected chi connectivity index (χ1v) is 8.62. The monoisotopic (exact) mass is 424 g/mol. The molecular formula is C17H17ClN4O7. The van der Waals surface area contributed by atoms with E-state index in [1.54, 1.807) is 6.92 Å². The Hall–Kier alpha value is -3.47.